The van der Waals surface area contributed by atoms with Crippen molar-refractivity contribution in [2.45, 2.75) is 52.1 Å². The number of ether oxygens (including phenoxy) is 3. The summed E-state index contributed by atoms with van der Waals surface area (Å²) in [6.45, 7) is 6.83. The maximum Gasteiger partial charge on any atom is 0.255 e. The van der Waals surface area contributed by atoms with E-state index in [2.05, 4.69) is 16.0 Å². The van der Waals surface area contributed by atoms with E-state index < -0.39 is 29.8 Å². The van der Waals surface area contributed by atoms with E-state index in [9.17, 15) is 19.2 Å². The van der Waals surface area contributed by atoms with Gasteiger partial charge in [-0.2, -0.15) is 0 Å². The third kappa shape index (κ3) is 8.86. The topological polar surface area (TPSA) is 135 Å². The number of nitrogens with one attached hydrogen (secondary N) is 3. The molecule has 0 aliphatic carbocycles. The molecule has 11 nitrogen and oxygen atoms in total. The van der Waals surface area contributed by atoms with E-state index in [-0.39, 0.29) is 37.0 Å². The van der Waals surface area contributed by atoms with Gasteiger partial charge in [0.1, 0.15) is 24.4 Å². The van der Waals surface area contributed by atoms with Gasteiger partial charge in [-0.05, 0) is 55.5 Å². The molecule has 2 aromatic carbocycles. The van der Waals surface area contributed by atoms with Gasteiger partial charge in [-0.15, -0.1) is 0 Å². The minimum atomic E-state index is -1.17. The quantitative estimate of drug-likeness (QED) is 0.386. The third-order valence-corrected chi connectivity index (χ3v) is 6.92. The van der Waals surface area contributed by atoms with Crippen molar-refractivity contribution in [1.29, 1.82) is 0 Å². The summed E-state index contributed by atoms with van der Waals surface area (Å²) < 4.78 is 16.8. The normalized spacial score (nSPS) is 18.2. The molecule has 1 heterocycles. The van der Waals surface area contributed by atoms with Gasteiger partial charge in [0.15, 0.2) is 11.5 Å². The van der Waals surface area contributed by atoms with Crippen molar-refractivity contribution in [3.05, 3.63) is 53.6 Å². The van der Waals surface area contributed by atoms with Gasteiger partial charge in [0.2, 0.25) is 17.7 Å². The van der Waals surface area contributed by atoms with Crippen LogP contribution in [0.2, 0.25) is 0 Å². The van der Waals surface area contributed by atoms with Crippen LogP contribution in [0.25, 0.3) is 0 Å². The number of aryl methyl sites for hydroxylation is 1. The zero-order valence-electron chi connectivity index (χ0n) is 25.0. The van der Waals surface area contributed by atoms with Crippen LogP contribution in [-0.4, -0.2) is 81.1 Å². The molecule has 0 saturated carbocycles. The van der Waals surface area contributed by atoms with Crippen LogP contribution in [0.4, 0.5) is 0 Å². The lowest BCUT2D eigenvalue weighted by Gasteiger charge is -2.28. The van der Waals surface area contributed by atoms with E-state index in [1.165, 1.54) is 4.90 Å². The average molecular weight is 583 g/mol. The summed E-state index contributed by atoms with van der Waals surface area (Å²) in [6.07, 6.45) is 0.941. The number of hydrogen-bond donors (Lipinski definition) is 3. The Bertz CT molecular complexity index is 1250. The van der Waals surface area contributed by atoms with Crippen LogP contribution in [0.5, 0.6) is 17.2 Å². The number of methoxy groups -OCH3 is 1. The number of rotatable bonds is 9. The van der Waals surface area contributed by atoms with Crippen LogP contribution in [0.3, 0.4) is 0 Å². The van der Waals surface area contributed by atoms with Crippen molar-refractivity contribution in [1.82, 2.24) is 20.9 Å². The average Bonchev–Trinajstić information content (AvgIpc) is 2.97. The molecule has 42 heavy (non-hydrogen) atoms. The zero-order valence-corrected chi connectivity index (χ0v) is 25.0. The minimum absolute atomic E-state index is 0.148. The van der Waals surface area contributed by atoms with Gasteiger partial charge in [0, 0.05) is 13.6 Å². The Morgan fingerprint density at radius 2 is 1.88 bits per heavy atom. The van der Waals surface area contributed by atoms with Gasteiger partial charge in [-0.25, -0.2) is 0 Å². The van der Waals surface area contributed by atoms with Crippen molar-refractivity contribution >= 4 is 23.6 Å². The number of benzene rings is 2. The van der Waals surface area contributed by atoms with Gasteiger partial charge >= 0.3 is 0 Å². The SMILES string of the molecule is CCOc1ccc(CCCNC(=O)[C@@H]2CC(=O)N[C@H](C(C)C)C(=O)N(C)CCOc3ccccc3C(=O)N2)cc1OC. The highest BCUT2D eigenvalue weighted by Crippen LogP contribution is 2.28. The van der Waals surface area contributed by atoms with Gasteiger partial charge in [0.05, 0.1) is 32.2 Å². The smallest absolute Gasteiger partial charge is 0.255 e. The van der Waals surface area contributed by atoms with Crippen LogP contribution in [0.1, 0.15) is 49.5 Å². The number of carbonyl (C=O) groups is 4. The van der Waals surface area contributed by atoms with Crippen LogP contribution < -0.4 is 30.2 Å². The molecule has 3 N–H and O–H groups in total. The Labute approximate surface area is 247 Å². The summed E-state index contributed by atoms with van der Waals surface area (Å²) in [5.74, 6) is -0.383. The Hall–Kier alpha value is -4.28. The van der Waals surface area contributed by atoms with Crippen LogP contribution in [0, 0.1) is 5.92 Å². The highest BCUT2D eigenvalue weighted by atomic mass is 16.5. The lowest BCUT2D eigenvalue weighted by atomic mass is 10.0. The minimum Gasteiger partial charge on any atom is -0.493 e. The second-order valence-corrected chi connectivity index (χ2v) is 10.4. The monoisotopic (exact) mass is 582 g/mol. The van der Waals surface area contributed by atoms with Gasteiger partial charge in [-0.3, -0.25) is 19.2 Å². The van der Waals surface area contributed by atoms with Gasteiger partial charge in [0.25, 0.3) is 5.91 Å². The van der Waals surface area contributed by atoms with Gasteiger partial charge < -0.3 is 35.1 Å². The Morgan fingerprint density at radius 3 is 2.60 bits per heavy atom. The van der Waals surface area contributed by atoms with Crippen molar-refractivity contribution in [3.8, 4) is 17.2 Å². The van der Waals surface area contributed by atoms with Crippen LogP contribution in [-0.2, 0) is 20.8 Å². The number of para-hydroxylation sites is 1. The Balaban J connectivity index is 1.73. The number of likely N-dealkylation sites (N-methyl/N-ethyl adjacent to an activating group) is 1. The first kappa shape index (κ1) is 32.2. The van der Waals surface area contributed by atoms with E-state index >= 15 is 0 Å². The summed E-state index contributed by atoms with van der Waals surface area (Å²) in [7, 11) is 3.22. The second kappa shape index (κ2) is 15.6. The van der Waals surface area contributed by atoms with E-state index in [0.717, 1.165) is 5.56 Å². The fourth-order valence-electron chi connectivity index (χ4n) is 4.57. The highest BCUT2D eigenvalue weighted by Gasteiger charge is 2.31. The second-order valence-electron chi connectivity index (χ2n) is 10.4. The van der Waals surface area contributed by atoms with E-state index in [1.807, 2.05) is 39.0 Å². The zero-order chi connectivity index (χ0) is 30.6. The lowest BCUT2D eigenvalue weighted by Crippen LogP contribution is -2.54. The molecular weight excluding hydrogens is 540 g/mol. The van der Waals surface area contributed by atoms with E-state index in [1.54, 1.807) is 38.4 Å². The molecule has 0 fully saturated rings. The Kier molecular flexibility index (Phi) is 12.0. The summed E-state index contributed by atoms with van der Waals surface area (Å²) in [6, 6.07) is 10.4. The first-order chi connectivity index (χ1) is 20.1. The van der Waals surface area contributed by atoms with Crippen LogP contribution in [0.15, 0.2) is 42.5 Å². The maximum absolute atomic E-state index is 13.3. The molecule has 3 rings (SSSR count). The highest BCUT2D eigenvalue weighted by molar-refractivity contribution is 6.01. The summed E-state index contributed by atoms with van der Waals surface area (Å²) >= 11 is 0. The predicted molar refractivity (Wildman–Crippen MR) is 158 cm³/mol. The van der Waals surface area contributed by atoms with Crippen molar-refractivity contribution in [2.24, 2.45) is 5.92 Å². The molecule has 228 valence electrons. The molecule has 2 aromatic rings. The number of nitrogens with zero attached hydrogens (tertiary/aromatic N) is 1. The van der Waals surface area contributed by atoms with E-state index in [4.69, 9.17) is 14.2 Å². The van der Waals surface area contributed by atoms with E-state index in [0.29, 0.717) is 43.2 Å². The molecule has 0 spiro atoms. The van der Waals surface area contributed by atoms with Crippen LogP contribution >= 0.6 is 0 Å². The predicted octanol–water partition coefficient (Wildman–Crippen LogP) is 2.32. The number of carbonyl (C=O) groups excluding carboxylic acids is 4. The summed E-state index contributed by atoms with van der Waals surface area (Å²) in [5.41, 5.74) is 1.24. The number of amides is 4. The molecular formula is C31H42N4O7. The standard InChI is InChI=1S/C31H42N4O7/c1-6-41-25-14-13-21(18-26(25)40-5)10-9-15-32-30(38)23-19-27(36)34-28(20(2)3)31(39)35(4)16-17-42-24-12-8-7-11-22(24)29(37)33-23/h7-8,11-14,18,20,23,28H,6,9-10,15-17,19H2,1-5H3,(H,32,38)(H,33,37)(H,34,36)/t23-,28+/m0/s1. The molecule has 1 aliphatic rings. The van der Waals surface area contributed by atoms with Crippen molar-refractivity contribution in [2.75, 3.05) is 40.5 Å². The molecule has 0 saturated heterocycles. The molecule has 1 aliphatic heterocycles. The van der Waals surface area contributed by atoms with Gasteiger partial charge in [-0.1, -0.05) is 32.0 Å². The third-order valence-electron chi connectivity index (χ3n) is 6.92. The molecule has 2 atom stereocenters. The fourth-order valence-corrected chi connectivity index (χ4v) is 4.57. The molecule has 0 bridgehead atoms. The Morgan fingerprint density at radius 1 is 1.12 bits per heavy atom. The summed E-state index contributed by atoms with van der Waals surface area (Å²) in [5, 5.41) is 8.29. The first-order valence-corrected chi connectivity index (χ1v) is 14.3. The molecule has 4 amide bonds. The lowest BCUT2D eigenvalue weighted by molar-refractivity contribution is -0.137. The number of fused-ring (bicyclic) bond motifs is 1. The molecule has 0 radical (unpaired) electrons. The maximum atomic E-state index is 13.3. The summed E-state index contributed by atoms with van der Waals surface area (Å²) in [4.78, 5) is 54.2. The van der Waals surface area contributed by atoms with Crippen molar-refractivity contribution < 1.29 is 33.4 Å². The van der Waals surface area contributed by atoms with Crippen molar-refractivity contribution in [3.63, 3.8) is 0 Å². The first-order valence-electron chi connectivity index (χ1n) is 14.3. The molecule has 0 unspecified atom stereocenters. The number of hydrogen-bond acceptors (Lipinski definition) is 7. The molecule has 0 aromatic heterocycles. The largest absolute Gasteiger partial charge is 0.493 e. The fraction of sp³-hybridized carbons (Fsp3) is 0.484. The molecule has 11 heteroatoms.